The normalized spacial score (nSPS) is 28.7. The second kappa shape index (κ2) is 6.73. The number of alkyl halides is 2. The molecule has 0 unspecified atom stereocenters. The third-order valence-electron chi connectivity index (χ3n) is 5.56. The Labute approximate surface area is 154 Å². The maximum Gasteiger partial charge on any atom is 0.252 e. The molecule has 2 aliphatic rings. The van der Waals surface area contributed by atoms with E-state index in [2.05, 4.69) is 10.6 Å². The molecule has 3 N–H and O–H groups in total. The highest BCUT2D eigenvalue weighted by atomic mass is 19.3. The minimum atomic E-state index is -2.65. The lowest BCUT2D eigenvalue weighted by Gasteiger charge is -2.50. The zero-order valence-corrected chi connectivity index (χ0v) is 16.4. The first kappa shape index (κ1) is 21.1. The average molecular weight is 374 g/mol. The molecule has 0 aromatic heterocycles. The molecule has 0 spiro atoms. The molecule has 7 heteroatoms. The number of halogens is 2. The number of nitrogens with one attached hydrogen (secondary N) is 2. The van der Waals surface area contributed by atoms with E-state index in [-0.39, 0.29) is 37.2 Å². The lowest BCUT2D eigenvalue weighted by atomic mass is 9.63. The summed E-state index contributed by atoms with van der Waals surface area (Å²) in [6.07, 6.45) is 1.25. The van der Waals surface area contributed by atoms with Gasteiger partial charge in [-0.1, -0.05) is 34.6 Å². The van der Waals surface area contributed by atoms with Gasteiger partial charge >= 0.3 is 0 Å². The molecule has 0 aromatic carbocycles. The highest BCUT2D eigenvalue weighted by Gasteiger charge is 2.50. The first-order chi connectivity index (χ1) is 11.7. The average Bonchev–Trinajstić information content (AvgIpc) is 2.41. The van der Waals surface area contributed by atoms with E-state index in [9.17, 15) is 23.5 Å². The van der Waals surface area contributed by atoms with Gasteiger partial charge in [-0.15, -0.1) is 0 Å². The van der Waals surface area contributed by atoms with E-state index in [0.717, 1.165) is 0 Å². The van der Waals surface area contributed by atoms with E-state index in [1.807, 2.05) is 34.6 Å². The molecule has 0 saturated heterocycles. The summed E-state index contributed by atoms with van der Waals surface area (Å²) < 4.78 is 25.8. The summed E-state index contributed by atoms with van der Waals surface area (Å²) >= 11 is 0. The van der Waals surface area contributed by atoms with Crippen LogP contribution in [-0.2, 0) is 9.59 Å². The molecule has 5 nitrogen and oxygen atoms in total. The van der Waals surface area contributed by atoms with Crippen LogP contribution in [0.3, 0.4) is 0 Å². The van der Waals surface area contributed by atoms with Crippen molar-refractivity contribution in [2.75, 3.05) is 6.61 Å². The van der Waals surface area contributed by atoms with Crippen LogP contribution in [0.15, 0.2) is 0 Å². The number of carbonyl (C=O) groups is 2. The van der Waals surface area contributed by atoms with Crippen molar-refractivity contribution < 1.29 is 23.5 Å². The van der Waals surface area contributed by atoms with Crippen molar-refractivity contribution in [3.8, 4) is 0 Å². The highest BCUT2D eigenvalue weighted by molar-refractivity contribution is 5.83. The number of amides is 2. The Bertz CT molecular complexity index is 556. The van der Waals surface area contributed by atoms with Crippen LogP contribution in [0.2, 0.25) is 0 Å². The Balaban J connectivity index is 1.83. The standard InChI is InChI=1S/C19H32F2N2O3/c1-16(2,3)14(25)23-18(11-24)7-12(8-18)6-17(4,5)15(26)22-13-9-19(20,21)10-13/h12-13,24H,6-11H2,1-5H3,(H,22,26)(H,23,25). The van der Waals surface area contributed by atoms with Gasteiger partial charge in [0.25, 0.3) is 5.92 Å². The Hall–Kier alpha value is -1.24. The van der Waals surface area contributed by atoms with Gasteiger partial charge < -0.3 is 15.7 Å². The van der Waals surface area contributed by atoms with Gasteiger partial charge in [0.1, 0.15) is 0 Å². The molecule has 0 aromatic rings. The van der Waals surface area contributed by atoms with E-state index >= 15 is 0 Å². The summed E-state index contributed by atoms with van der Waals surface area (Å²) in [7, 11) is 0. The molecule has 0 aliphatic heterocycles. The number of aliphatic hydroxyl groups is 1. The first-order valence-electron chi connectivity index (χ1n) is 9.30. The molecule has 2 rings (SSSR count). The topological polar surface area (TPSA) is 78.4 Å². The van der Waals surface area contributed by atoms with Gasteiger partial charge in [0, 0.05) is 29.7 Å². The largest absolute Gasteiger partial charge is 0.394 e. The first-order valence-corrected chi connectivity index (χ1v) is 9.30. The lowest BCUT2D eigenvalue weighted by molar-refractivity contribution is -0.140. The highest BCUT2D eigenvalue weighted by Crippen LogP contribution is 2.45. The maximum absolute atomic E-state index is 12.9. The van der Waals surface area contributed by atoms with E-state index in [0.29, 0.717) is 19.3 Å². The predicted molar refractivity (Wildman–Crippen MR) is 94.6 cm³/mol. The molecule has 0 radical (unpaired) electrons. The minimum Gasteiger partial charge on any atom is -0.394 e. The second-order valence-electron chi connectivity index (χ2n) is 9.94. The van der Waals surface area contributed by atoms with Gasteiger partial charge in [-0.05, 0) is 25.2 Å². The Morgan fingerprint density at radius 2 is 1.58 bits per heavy atom. The number of aliphatic hydroxyl groups excluding tert-OH is 1. The molecule has 2 saturated carbocycles. The van der Waals surface area contributed by atoms with Crippen molar-refractivity contribution in [3.63, 3.8) is 0 Å². The van der Waals surface area contributed by atoms with Crippen molar-refractivity contribution in [1.29, 1.82) is 0 Å². The number of hydrogen-bond acceptors (Lipinski definition) is 3. The zero-order chi connectivity index (χ0) is 20.0. The number of carbonyl (C=O) groups excluding carboxylic acids is 2. The summed E-state index contributed by atoms with van der Waals surface area (Å²) in [5.74, 6) is -2.76. The molecule has 2 fully saturated rings. The molecule has 150 valence electrons. The van der Waals surface area contributed by atoms with Gasteiger partial charge in [0.2, 0.25) is 11.8 Å². The molecular formula is C19H32F2N2O3. The van der Waals surface area contributed by atoms with E-state index in [1.54, 1.807) is 0 Å². The van der Waals surface area contributed by atoms with E-state index < -0.39 is 28.3 Å². The van der Waals surface area contributed by atoms with Crippen molar-refractivity contribution >= 4 is 11.8 Å². The fraction of sp³-hybridized carbons (Fsp3) is 0.895. The van der Waals surface area contributed by atoms with Crippen LogP contribution in [0.1, 0.15) is 66.7 Å². The quantitative estimate of drug-likeness (QED) is 0.669. The van der Waals surface area contributed by atoms with Gasteiger partial charge in [-0.25, -0.2) is 8.78 Å². The molecule has 2 aliphatic carbocycles. The fourth-order valence-electron chi connectivity index (χ4n) is 3.85. The summed E-state index contributed by atoms with van der Waals surface area (Å²) in [5, 5.41) is 15.4. The third kappa shape index (κ3) is 4.72. The second-order valence-corrected chi connectivity index (χ2v) is 9.94. The monoisotopic (exact) mass is 374 g/mol. The minimum absolute atomic E-state index is 0.104. The molecule has 26 heavy (non-hydrogen) atoms. The zero-order valence-electron chi connectivity index (χ0n) is 16.4. The van der Waals surface area contributed by atoms with Crippen LogP contribution >= 0.6 is 0 Å². The molecular weight excluding hydrogens is 342 g/mol. The lowest BCUT2D eigenvalue weighted by Crippen LogP contribution is -2.62. The van der Waals surface area contributed by atoms with Gasteiger partial charge in [-0.2, -0.15) is 0 Å². The molecule has 0 heterocycles. The Morgan fingerprint density at radius 1 is 1.04 bits per heavy atom. The Morgan fingerprint density at radius 3 is 2.00 bits per heavy atom. The molecule has 0 atom stereocenters. The smallest absolute Gasteiger partial charge is 0.252 e. The summed E-state index contributed by atoms with van der Waals surface area (Å²) in [6, 6.07) is -0.444. The van der Waals surface area contributed by atoms with Crippen molar-refractivity contribution in [2.45, 2.75) is 84.2 Å². The van der Waals surface area contributed by atoms with Crippen molar-refractivity contribution in [2.24, 2.45) is 16.7 Å². The SMILES string of the molecule is CC(C)(C)C(=O)NC1(CO)CC(CC(C)(C)C(=O)NC2CC(F)(F)C2)C1. The van der Waals surface area contributed by atoms with Crippen LogP contribution in [0.4, 0.5) is 8.78 Å². The van der Waals surface area contributed by atoms with Crippen LogP contribution in [0, 0.1) is 16.7 Å². The van der Waals surface area contributed by atoms with Crippen molar-refractivity contribution in [3.05, 3.63) is 0 Å². The van der Waals surface area contributed by atoms with Crippen LogP contribution in [-0.4, -0.2) is 41.0 Å². The maximum atomic E-state index is 12.9. The molecule has 0 bridgehead atoms. The summed E-state index contributed by atoms with van der Waals surface area (Å²) in [6.45, 7) is 8.95. The summed E-state index contributed by atoms with van der Waals surface area (Å²) in [4.78, 5) is 24.6. The van der Waals surface area contributed by atoms with Gasteiger partial charge in [0.15, 0.2) is 0 Å². The number of hydrogen-bond donors (Lipinski definition) is 3. The molecule has 2 amide bonds. The van der Waals surface area contributed by atoms with Crippen LogP contribution in [0.5, 0.6) is 0 Å². The fourth-order valence-corrected chi connectivity index (χ4v) is 3.85. The summed E-state index contributed by atoms with van der Waals surface area (Å²) in [5.41, 5.74) is -1.82. The van der Waals surface area contributed by atoms with Crippen LogP contribution in [0.25, 0.3) is 0 Å². The van der Waals surface area contributed by atoms with E-state index in [4.69, 9.17) is 0 Å². The van der Waals surface area contributed by atoms with Gasteiger partial charge in [-0.3, -0.25) is 9.59 Å². The predicted octanol–water partition coefficient (Wildman–Crippen LogP) is 2.62. The number of rotatable bonds is 6. The van der Waals surface area contributed by atoms with Crippen LogP contribution < -0.4 is 10.6 Å². The Kier molecular flexibility index (Phi) is 5.45. The van der Waals surface area contributed by atoms with E-state index in [1.165, 1.54) is 0 Å². The third-order valence-corrected chi connectivity index (χ3v) is 5.56. The van der Waals surface area contributed by atoms with Gasteiger partial charge in [0.05, 0.1) is 12.1 Å². The van der Waals surface area contributed by atoms with Crippen molar-refractivity contribution in [1.82, 2.24) is 10.6 Å².